The number of nitro groups is 2. The molecular formula is C14H14N4O5S. The van der Waals surface area contributed by atoms with Crippen LogP contribution in [0.3, 0.4) is 0 Å². The van der Waals surface area contributed by atoms with Crippen molar-refractivity contribution in [3.05, 3.63) is 60.3 Å². The highest BCUT2D eigenvalue weighted by Gasteiger charge is 2.19. The standard InChI is InChI=1S/C14H14N4O5S/c1-9-12(18(22)23)8-13(24-9)14(19)16-7-6-15-10-2-4-11(5-3-10)17(20)21/h2-5,8,15H,6-7H2,1H3,(H,16,19). The van der Waals surface area contributed by atoms with Crippen molar-refractivity contribution in [3.8, 4) is 0 Å². The maximum Gasteiger partial charge on any atom is 0.283 e. The number of amides is 1. The lowest BCUT2D eigenvalue weighted by Gasteiger charge is -2.07. The summed E-state index contributed by atoms with van der Waals surface area (Å²) in [5, 5.41) is 27.0. The third-order valence-corrected chi connectivity index (χ3v) is 4.17. The molecular weight excluding hydrogens is 336 g/mol. The van der Waals surface area contributed by atoms with Crippen molar-refractivity contribution in [2.24, 2.45) is 0 Å². The van der Waals surface area contributed by atoms with E-state index in [1.165, 1.54) is 18.2 Å². The van der Waals surface area contributed by atoms with Gasteiger partial charge in [-0.15, -0.1) is 11.3 Å². The fourth-order valence-corrected chi connectivity index (χ4v) is 2.84. The number of non-ortho nitro benzene ring substituents is 1. The first-order chi connectivity index (χ1) is 11.4. The first-order valence-corrected chi connectivity index (χ1v) is 7.71. The minimum atomic E-state index is -0.515. The fourth-order valence-electron chi connectivity index (χ4n) is 1.94. The van der Waals surface area contributed by atoms with Gasteiger partial charge in [-0.05, 0) is 19.1 Å². The number of rotatable bonds is 7. The van der Waals surface area contributed by atoms with E-state index < -0.39 is 9.85 Å². The van der Waals surface area contributed by atoms with Crippen molar-refractivity contribution in [1.82, 2.24) is 5.32 Å². The second kappa shape index (κ2) is 7.51. The van der Waals surface area contributed by atoms with Crippen LogP contribution in [0.1, 0.15) is 14.5 Å². The Kier molecular flexibility index (Phi) is 5.42. The number of hydrogen-bond acceptors (Lipinski definition) is 7. The predicted octanol–water partition coefficient (Wildman–Crippen LogP) is 2.71. The Labute approximate surface area is 140 Å². The van der Waals surface area contributed by atoms with E-state index in [2.05, 4.69) is 10.6 Å². The maximum absolute atomic E-state index is 11.9. The summed E-state index contributed by atoms with van der Waals surface area (Å²) in [5.74, 6) is -0.373. The highest BCUT2D eigenvalue weighted by Crippen LogP contribution is 2.27. The van der Waals surface area contributed by atoms with Crippen LogP contribution in [0, 0.1) is 27.2 Å². The molecule has 2 rings (SSSR count). The van der Waals surface area contributed by atoms with Gasteiger partial charge in [0.05, 0.1) is 19.6 Å². The smallest absolute Gasteiger partial charge is 0.283 e. The van der Waals surface area contributed by atoms with Gasteiger partial charge in [0.25, 0.3) is 17.3 Å². The molecule has 1 aromatic heterocycles. The summed E-state index contributed by atoms with van der Waals surface area (Å²) >= 11 is 1.07. The van der Waals surface area contributed by atoms with Gasteiger partial charge >= 0.3 is 0 Å². The number of nitrogens with one attached hydrogen (secondary N) is 2. The van der Waals surface area contributed by atoms with Crippen LogP contribution in [0.5, 0.6) is 0 Å². The van der Waals surface area contributed by atoms with Crippen LogP contribution in [-0.2, 0) is 0 Å². The van der Waals surface area contributed by atoms with Crippen LogP contribution in [0.4, 0.5) is 17.1 Å². The van der Waals surface area contributed by atoms with Gasteiger partial charge in [0.1, 0.15) is 0 Å². The van der Waals surface area contributed by atoms with Gasteiger partial charge in [-0.3, -0.25) is 25.0 Å². The molecule has 0 saturated heterocycles. The van der Waals surface area contributed by atoms with Crippen LogP contribution in [-0.4, -0.2) is 28.8 Å². The Morgan fingerprint density at radius 3 is 2.33 bits per heavy atom. The lowest BCUT2D eigenvalue weighted by molar-refractivity contribution is -0.385. The van der Waals surface area contributed by atoms with Crippen LogP contribution in [0.15, 0.2) is 30.3 Å². The summed E-state index contributed by atoms with van der Waals surface area (Å²) in [5.41, 5.74) is 0.634. The summed E-state index contributed by atoms with van der Waals surface area (Å²) in [6.07, 6.45) is 0. The van der Waals surface area contributed by atoms with Gasteiger partial charge in [0.15, 0.2) is 0 Å². The van der Waals surface area contributed by atoms with E-state index in [4.69, 9.17) is 0 Å². The number of anilines is 1. The third kappa shape index (κ3) is 4.26. The average molecular weight is 350 g/mol. The van der Waals surface area contributed by atoms with Crippen LogP contribution in [0.25, 0.3) is 0 Å². The first-order valence-electron chi connectivity index (χ1n) is 6.90. The van der Waals surface area contributed by atoms with E-state index in [0.29, 0.717) is 23.7 Å². The normalized spacial score (nSPS) is 10.2. The Morgan fingerprint density at radius 1 is 1.12 bits per heavy atom. The van der Waals surface area contributed by atoms with E-state index in [1.54, 1.807) is 19.1 Å². The van der Waals surface area contributed by atoms with E-state index in [-0.39, 0.29) is 22.2 Å². The zero-order valence-electron chi connectivity index (χ0n) is 12.6. The van der Waals surface area contributed by atoms with Crippen molar-refractivity contribution in [3.63, 3.8) is 0 Å². The highest BCUT2D eigenvalue weighted by atomic mass is 32.1. The summed E-state index contributed by atoms with van der Waals surface area (Å²) in [6.45, 7) is 2.31. The molecule has 0 aliphatic heterocycles. The minimum absolute atomic E-state index is 0.00325. The average Bonchev–Trinajstić information content (AvgIpc) is 2.94. The molecule has 1 heterocycles. The monoisotopic (exact) mass is 350 g/mol. The summed E-state index contributed by atoms with van der Waals surface area (Å²) in [4.78, 5) is 33.0. The predicted molar refractivity (Wildman–Crippen MR) is 89.6 cm³/mol. The van der Waals surface area contributed by atoms with Gasteiger partial charge in [0, 0.05) is 37.0 Å². The highest BCUT2D eigenvalue weighted by molar-refractivity contribution is 7.14. The van der Waals surface area contributed by atoms with Gasteiger partial charge in [-0.25, -0.2) is 0 Å². The van der Waals surface area contributed by atoms with Gasteiger partial charge < -0.3 is 10.6 Å². The lowest BCUT2D eigenvalue weighted by atomic mass is 10.3. The Bertz CT molecular complexity index is 772. The maximum atomic E-state index is 11.9. The molecule has 0 aliphatic rings. The van der Waals surface area contributed by atoms with Crippen LogP contribution in [0.2, 0.25) is 0 Å². The van der Waals surface area contributed by atoms with Crippen molar-refractivity contribution in [2.75, 3.05) is 18.4 Å². The fraction of sp³-hybridized carbons (Fsp3) is 0.214. The largest absolute Gasteiger partial charge is 0.383 e. The molecule has 2 aromatic rings. The minimum Gasteiger partial charge on any atom is -0.383 e. The number of nitrogens with zero attached hydrogens (tertiary/aromatic N) is 2. The van der Waals surface area contributed by atoms with Gasteiger partial charge in [-0.1, -0.05) is 0 Å². The number of hydrogen-bond donors (Lipinski definition) is 2. The molecule has 9 nitrogen and oxygen atoms in total. The summed E-state index contributed by atoms with van der Waals surface area (Å²) < 4.78 is 0. The van der Waals surface area contributed by atoms with Crippen LogP contribution >= 0.6 is 11.3 Å². The van der Waals surface area contributed by atoms with Crippen molar-refractivity contribution in [1.29, 1.82) is 0 Å². The molecule has 0 spiro atoms. The molecule has 1 aromatic carbocycles. The lowest BCUT2D eigenvalue weighted by Crippen LogP contribution is -2.28. The van der Waals surface area contributed by atoms with E-state index in [9.17, 15) is 25.0 Å². The first kappa shape index (κ1) is 17.3. The molecule has 126 valence electrons. The molecule has 2 N–H and O–H groups in total. The number of aryl methyl sites for hydroxylation is 1. The molecule has 0 bridgehead atoms. The number of carbonyl (C=O) groups is 1. The molecule has 1 amide bonds. The van der Waals surface area contributed by atoms with Crippen molar-refractivity contribution in [2.45, 2.75) is 6.92 Å². The molecule has 0 aliphatic carbocycles. The number of thiophene rings is 1. The van der Waals surface area contributed by atoms with E-state index >= 15 is 0 Å². The van der Waals surface area contributed by atoms with Crippen molar-refractivity contribution < 1.29 is 14.6 Å². The molecule has 10 heteroatoms. The molecule has 0 saturated carbocycles. The summed E-state index contributed by atoms with van der Waals surface area (Å²) in [7, 11) is 0. The number of carbonyl (C=O) groups excluding carboxylic acids is 1. The second-order valence-corrected chi connectivity index (χ2v) is 6.05. The zero-order valence-corrected chi connectivity index (χ0v) is 13.5. The molecule has 0 unspecified atom stereocenters. The Morgan fingerprint density at radius 2 is 1.79 bits per heavy atom. The zero-order chi connectivity index (χ0) is 17.7. The SMILES string of the molecule is Cc1sc(C(=O)NCCNc2ccc([N+](=O)[O-])cc2)cc1[N+](=O)[O-]. The quantitative estimate of drug-likeness (QED) is 0.449. The number of nitro benzene ring substituents is 1. The second-order valence-electron chi connectivity index (χ2n) is 4.80. The van der Waals surface area contributed by atoms with E-state index in [0.717, 1.165) is 11.3 Å². The Hall–Kier alpha value is -3.01. The number of benzene rings is 1. The topological polar surface area (TPSA) is 127 Å². The van der Waals surface area contributed by atoms with E-state index in [1.807, 2.05) is 0 Å². The van der Waals surface area contributed by atoms with Gasteiger partial charge in [0.2, 0.25) is 0 Å². The molecule has 0 fully saturated rings. The Balaban J connectivity index is 1.81. The molecule has 0 atom stereocenters. The molecule has 24 heavy (non-hydrogen) atoms. The summed E-state index contributed by atoms with van der Waals surface area (Å²) in [6, 6.07) is 7.18. The van der Waals surface area contributed by atoms with Crippen LogP contribution < -0.4 is 10.6 Å². The molecule has 0 radical (unpaired) electrons. The third-order valence-electron chi connectivity index (χ3n) is 3.13. The van der Waals surface area contributed by atoms with Gasteiger partial charge in [-0.2, -0.15) is 0 Å². The van der Waals surface area contributed by atoms with Crippen molar-refractivity contribution >= 4 is 34.3 Å².